The second-order valence-corrected chi connectivity index (χ2v) is 12.7. The summed E-state index contributed by atoms with van der Waals surface area (Å²) in [6.07, 6.45) is 1.84. The molecule has 0 fully saturated rings. The van der Waals surface area contributed by atoms with Crippen molar-refractivity contribution in [3.63, 3.8) is 0 Å². The molecule has 0 aliphatic carbocycles. The van der Waals surface area contributed by atoms with Crippen molar-refractivity contribution in [2.24, 2.45) is 0 Å². The van der Waals surface area contributed by atoms with E-state index < -0.39 is 6.98 Å². The van der Waals surface area contributed by atoms with Gasteiger partial charge in [-0.15, -0.1) is 35.7 Å². The Balaban J connectivity index is 0.00000341. The van der Waals surface area contributed by atoms with E-state index in [2.05, 4.69) is 93.7 Å². The molecule has 7 nitrogen and oxygen atoms in total. The molecule has 0 saturated heterocycles. The van der Waals surface area contributed by atoms with E-state index in [1.165, 1.54) is 15.7 Å². The number of para-hydroxylation sites is 4. The standard InChI is InChI=1S/C43H24N5O2.Pt/c1-45-24-46-37-23-26(18-20-38(37)50-39-16-6-14-34(45)42(39)46)49-25-17-19-28-30-11-5-15-35-41(30)48(36(28)22-25)43-32(12-7-21-44-43)31-10-4-9-29-27-8-2-3-13-33(27)47(35)40(29)31;/h2-21,24H,1H3;/q-3;/i1D3;. The summed E-state index contributed by atoms with van der Waals surface area (Å²) in [4.78, 5) is 8.11. The van der Waals surface area contributed by atoms with Crippen LogP contribution in [0.25, 0.3) is 65.5 Å². The zero-order valence-corrected chi connectivity index (χ0v) is 28.8. The van der Waals surface area contributed by atoms with Gasteiger partial charge in [-0.1, -0.05) is 65.8 Å². The van der Waals surface area contributed by atoms with E-state index in [4.69, 9.17) is 18.6 Å². The average Bonchev–Trinajstić information content (AvgIpc) is 3.84. The summed E-state index contributed by atoms with van der Waals surface area (Å²) in [5, 5.41) is 6.62. The molecule has 0 atom stereocenters. The molecule has 8 heteroatoms. The van der Waals surface area contributed by atoms with Gasteiger partial charge in [-0.3, -0.25) is 0 Å². The minimum atomic E-state index is -2.38. The topological polar surface area (TPSA) is 46.7 Å². The van der Waals surface area contributed by atoms with Gasteiger partial charge in [0.1, 0.15) is 11.4 Å². The molecule has 246 valence electrons. The third kappa shape index (κ3) is 3.73. The Morgan fingerprint density at radius 1 is 0.667 bits per heavy atom. The molecule has 6 aromatic carbocycles. The molecule has 10 aromatic rings. The zero-order valence-electron chi connectivity index (χ0n) is 29.5. The second kappa shape index (κ2) is 10.3. The monoisotopic (exact) mass is 840 g/mol. The maximum Gasteiger partial charge on any atom is 0.143 e. The van der Waals surface area contributed by atoms with E-state index >= 15 is 0 Å². The van der Waals surface area contributed by atoms with Crippen molar-refractivity contribution in [1.29, 1.82) is 0 Å². The number of aromatic nitrogens is 3. The predicted molar refractivity (Wildman–Crippen MR) is 199 cm³/mol. The van der Waals surface area contributed by atoms with E-state index in [1.54, 1.807) is 29.8 Å². The van der Waals surface area contributed by atoms with Crippen LogP contribution in [0.4, 0.5) is 17.1 Å². The quantitative estimate of drug-likeness (QED) is 0.162. The Morgan fingerprint density at radius 3 is 2.33 bits per heavy atom. The average molecular weight is 841 g/mol. The molecular formula is C43H24N5O2Pt-3. The van der Waals surface area contributed by atoms with Crippen LogP contribution in [0.5, 0.6) is 23.0 Å². The van der Waals surface area contributed by atoms with Gasteiger partial charge in [-0.2, -0.15) is 12.7 Å². The molecule has 0 N–H and O–H groups in total. The van der Waals surface area contributed by atoms with Gasteiger partial charge in [0.05, 0.1) is 27.8 Å². The number of nitrogens with zero attached hydrogens (tertiary/aromatic N) is 5. The van der Waals surface area contributed by atoms with Crippen LogP contribution in [0.3, 0.4) is 0 Å². The smallest absolute Gasteiger partial charge is 0.143 e. The minimum Gasteiger partial charge on any atom is -0.513 e. The molecule has 4 aromatic heterocycles. The van der Waals surface area contributed by atoms with Crippen LogP contribution in [-0.2, 0) is 21.1 Å². The summed E-state index contributed by atoms with van der Waals surface area (Å²) < 4.78 is 41.7. The van der Waals surface area contributed by atoms with Crippen molar-refractivity contribution >= 4 is 82.6 Å². The van der Waals surface area contributed by atoms with E-state index in [9.17, 15) is 0 Å². The summed E-state index contributed by atoms with van der Waals surface area (Å²) in [6, 6.07) is 45.6. The first-order valence-electron chi connectivity index (χ1n) is 17.9. The molecule has 2 aliphatic heterocycles. The number of fused-ring (bicyclic) bond motifs is 12. The van der Waals surface area contributed by atoms with Gasteiger partial charge in [-0.05, 0) is 48.8 Å². The van der Waals surface area contributed by atoms with Crippen LogP contribution in [0.15, 0.2) is 121 Å². The third-order valence-electron chi connectivity index (χ3n) is 10.1. The molecule has 51 heavy (non-hydrogen) atoms. The molecule has 6 heterocycles. The Bertz CT molecular complexity index is 3250. The number of benzene rings is 6. The Morgan fingerprint density at radius 2 is 1.41 bits per heavy atom. The molecule has 0 saturated carbocycles. The van der Waals surface area contributed by atoms with Gasteiger partial charge < -0.3 is 28.1 Å². The largest absolute Gasteiger partial charge is 0.513 e. The van der Waals surface area contributed by atoms with Gasteiger partial charge in [0.15, 0.2) is 0 Å². The maximum atomic E-state index is 8.12. The fourth-order valence-corrected chi connectivity index (χ4v) is 8.12. The molecule has 0 radical (unpaired) electrons. The van der Waals surface area contributed by atoms with Crippen LogP contribution in [0.1, 0.15) is 4.11 Å². The van der Waals surface area contributed by atoms with Gasteiger partial charge in [0.2, 0.25) is 0 Å². The van der Waals surface area contributed by atoms with Crippen molar-refractivity contribution in [3.8, 4) is 23.0 Å². The van der Waals surface area contributed by atoms with Crippen molar-refractivity contribution in [3.05, 3.63) is 140 Å². The zero-order chi connectivity index (χ0) is 35.2. The SMILES string of the molecule is [2H]C([2H])([2H])N1[CH-]N2c3[c-]c(Oc4[c-]c5c(cc4)c4cccc6c4n5c4ncccc4c4cccc5c7ccccc7n6c54)ccc3Oc3cccc1c32.[Pt]. The van der Waals surface area contributed by atoms with Crippen LogP contribution in [-0.4, -0.2) is 20.8 Å². The number of hydrogen-bond donors (Lipinski definition) is 0. The number of pyridine rings is 1. The number of hydrogen-bond acceptors (Lipinski definition) is 5. The van der Waals surface area contributed by atoms with Crippen LogP contribution >= 0.6 is 0 Å². The summed E-state index contributed by atoms with van der Waals surface area (Å²) in [7, 11) is 0. The normalized spacial score (nSPS) is 14.5. The minimum absolute atomic E-state index is 0. The van der Waals surface area contributed by atoms with Gasteiger partial charge in [-0.25, -0.2) is 4.98 Å². The molecule has 0 amide bonds. The van der Waals surface area contributed by atoms with Crippen molar-refractivity contribution < 1.29 is 34.7 Å². The summed E-state index contributed by atoms with van der Waals surface area (Å²) in [5.41, 5.74) is 7.77. The van der Waals surface area contributed by atoms with Crippen LogP contribution in [0.2, 0.25) is 0 Å². The molecule has 2 aliphatic rings. The van der Waals surface area contributed by atoms with Crippen molar-refractivity contribution in [2.75, 3.05) is 16.8 Å². The van der Waals surface area contributed by atoms with Crippen molar-refractivity contribution in [2.45, 2.75) is 0 Å². The van der Waals surface area contributed by atoms with Crippen LogP contribution < -0.4 is 19.3 Å². The molecule has 0 bridgehead atoms. The first kappa shape index (κ1) is 25.9. The third-order valence-corrected chi connectivity index (χ3v) is 10.1. The Kier molecular flexibility index (Phi) is 5.20. The van der Waals surface area contributed by atoms with E-state index in [0.717, 1.165) is 54.8 Å². The van der Waals surface area contributed by atoms with Crippen LogP contribution in [0, 0.1) is 18.8 Å². The number of ether oxygens (including phenoxy) is 2. The molecular weight excluding hydrogens is 814 g/mol. The maximum absolute atomic E-state index is 8.12. The summed E-state index contributed by atoms with van der Waals surface area (Å²) in [5.74, 6) is 2.05. The fraction of sp³-hybridized carbons (Fsp3) is 0.0233. The van der Waals surface area contributed by atoms with Gasteiger partial charge in [0.25, 0.3) is 0 Å². The summed E-state index contributed by atoms with van der Waals surface area (Å²) in [6.45, 7) is -0.800. The van der Waals surface area contributed by atoms with E-state index in [0.29, 0.717) is 40.1 Å². The first-order chi connectivity index (χ1) is 25.9. The molecule has 0 unspecified atom stereocenters. The predicted octanol–water partition coefficient (Wildman–Crippen LogP) is 10.6. The Labute approximate surface area is 309 Å². The van der Waals surface area contributed by atoms with E-state index in [1.807, 2.05) is 30.5 Å². The molecule has 12 rings (SSSR count). The second-order valence-electron chi connectivity index (χ2n) is 12.7. The van der Waals surface area contributed by atoms with Crippen molar-refractivity contribution in [1.82, 2.24) is 13.8 Å². The fourth-order valence-electron chi connectivity index (χ4n) is 8.12. The molecule has 0 spiro atoms. The number of rotatable bonds is 2. The van der Waals surface area contributed by atoms with Gasteiger partial charge in [0, 0.05) is 75.9 Å². The van der Waals surface area contributed by atoms with E-state index in [-0.39, 0.29) is 21.1 Å². The first-order valence-corrected chi connectivity index (χ1v) is 16.4. The Hall–Kier alpha value is -6.04. The summed E-state index contributed by atoms with van der Waals surface area (Å²) >= 11 is 0. The number of anilines is 3. The van der Waals surface area contributed by atoms with Gasteiger partial charge >= 0.3 is 0 Å².